The minimum atomic E-state index is -0.745. The van der Waals surface area contributed by atoms with Crippen LogP contribution in [0.1, 0.15) is 19.5 Å². The maximum atomic E-state index is 15.1. The normalized spacial score (nSPS) is 11.1. The molecular formula is C18H16F2N2O. The van der Waals surface area contributed by atoms with Crippen molar-refractivity contribution in [2.24, 2.45) is 0 Å². The number of pyridine rings is 2. The van der Waals surface area contributed by atoms with E-state index in [0.29, 0.717) is 18.5 Å². The second-order valence-electron chi connectivity index (χ2n) is 5.28. The van der Waals surface area contributed by atoms with Gasteiger partial charge in [0.05, 0.1) is 16.5 Å². The van der Waals surface area contributed by atoms with E-state index < -0.39 is 11.6 Å². The molecule has 2 aromatic heterocycles. The number of aryl methyl sites for hydroxylation is 2. The fourth-order valence-electron chi connectivity index (χ4n) is 2.95. The van der Waals surface area contributed by atoms with Gasteiger partial charge >= 0.3 is 0 Å². The number of halogens is 2. The summed E-state index contributed by atoms with van der Waals surface area (Å²) in [4.78, 5) is 16.1. The highest BCUT2D eigenvalue weighted by Crippen LogP contribution is 2.31. The molecule has 0 bridgehead atoms. The zero-order valence-corrected chi connectivity index (χ0v) is 12.9. The van der Waals surface area contributed by atoms with E-state index in [1.54, 1.807) is 16.7 Å². The smallest absolute Gasteiger partial charge is 0.189 e. The van der Waals surface area contributed by atoms with Gasteiger partial charge in [0.15, 0.2) is 11.2 Å². The summed E-state index contributed by atoms with van der Waals surface area (Å²) >= 11 is 0. The van der Waals surface area contributed by atoms with Gasteiger partial charge in [-0.1, -0.05) is 6.92 Å². The Morgan fingerprint density at radius 3 is 2.43 bits per heavy atom. The molecule has 0 amide bonds. The van der Waals surface area contributed by atoms with Crippen LogP contribution in [-0.2, 0) is 13.0 Å². The molecule has 0 aliphatic carbocycles. The van der Waals surface area contributed by atoms with Gasteiger partial charge < -0.3 is 4.57 Å². The molecule has 0 spiro atoms. The Balaban J connectivity index is 2.49. The van der Waals surface area contributed by atoms with Crippen LogP contribution in [-0.4, -0.2) is 9.55 Å². The Hall–Kier alpha value is -2.56. The van der Waals surface area contributed by atoms with Gasteiger partial charge in [-0.15, -0.1) is 0 Å². The molecule has 0 saturated heterocycles. The van der Waals surface area contributed by atoms with E-state index in [1.807, 2.05) is 13.8 Å². The van der Waals surface area contributed by atoms with E-state index in [1.165, 1.54) is 18.5 Å². The molecule has 23 heavy (non-hydrogen) atoms. The van der Waals surface area contributed by atoms with E-state index in [0.717, 1.165) is 11.8 Å². The quantitative estimate of drug-likeness (QED) is 0.734. The predicted octanol–water partition coefficient (Wildman–Crippen LogP) is 3.92. The highest BCUT2D eigenvalue weighted by atomic mass is 19.1. The summed E-state index contributed by atoms with van der Waals surface area (Å²) in [6.07, 6.45) is 3.56. The van der Waals surface area contributed by atoms with Crippen LogP contribution in [0.25, 0.3) is 22.0 Å². The zero-order valence-electron chi connectivity index (χ0n) is 12.9. The van der Waals surface area contributed by atoms with Crippen LogP contribution in [0.3, 0.4) is 0 Å². The number of nitrogens with zero attached hydrogens (tertiary/aromatic N) is 2. The fourth-order valence-corrected chi connectivity index (χ4v) is 2.95. The zero-order chi connectivity index (χ0) is 16.6. The summed E-state index contributed by atoms with van der Waals surface area (Å²) < 4.78 is 31.3. The molecule has 0 unspecified atom stereocenters. The molecule has 3 nitrogen and oxygen atoms in total. The number of hydrogen-bond acceptors (Lipinski definition) is 2. The molecule has 0 atom stereocenters. The Bertz CT molecular complexity index is 933. The molecular weight excluding hydrogens is 298 g/mol. The number of aromatic nitrogens is 2. The first kappa shape index (κ1) is 15.3. The molecule has 0 radical (unpaired) electrons. The molecule has 0 aliphatic heterocycles. The second kappa shape index (κ2) is 5.91. The van der Waals surface area contributed by atoms with Crippen LogP contribution >= 0.6 is 0 Å². The van der Waals surface area contributed by atoms with Crippen molar-refractivity contribution < 1.29 is 8.78 Å². The maximum absolute atomic E-state index is 15.1. The van der Waals surface area contributed by atoms with Crippen molar-refractivity contribution in [2.75, 3.05) is 0 Å². The molecule has 0 fully saturated rings. The van der Waals surface area contributed by atoms with Gasteiger partial charge in [0, 0.05) is 30.7 Å². The highest BCUT2D eigenvalue weighted by molar-refractivity contribution is 5.86. The monoisotopic (exact) mass is 314 g/mol. The van der Waals surface area contributed by atoms with Crippen molar-refractivity contribution in [3.8, 4) is 11.1 Å². The number of benzene rings is 1. The van der Waals surface area contributed by atoms with Crippen molar-refractivity contribution >= 4 is 10.9 Å². The van der Waals surface area contributed by atoms with Crippen molar-refractivity contribution in [1.29, 1.82) is 0 Å². The molecule has 1 aromatic carbocycles. The Kier molecular flexibility index (Phi) is 3.94. The lowest BCUT2D eigenvalue weighted by Crippen LogP contribution is -2.15. The lowest BCUT2D eigenvalue weighted by atomic mass is 10.0. The van der Waals surface area contributed by atoms with E-state index in [-0.39, 0.29) is 21.9 Å². The van der Waals surface area contributed by atoms with Gasteiger partial charge in [0.25, 0.3) is 0 Å². The molecule has 5 heteroatoms. The third-order valence-corrected chi connectivity index (χ3v) is 4.02. The lowest BCUT2D eigenvalue weighted by Gasteiger charge is -2.17. The summed E-state index contributed by atoms with van der Waals surface area (Å²) in [5, 5.41) is 0.0665. The molecule has 0 aliphatic rings. The van der Waals surface area contributed by atoms with Crippen molar-refractivity contribution in [2.45, 2.75) is 26.8 Å². The van der Waals surface area contributed by atoms with E-state index in [9.17, 15) is 9.18 Å². The molecule has 0 N–H and O–H groups in total. The van der Waals surface area contributed by atoms with E-state index >= 15 is 4.39 Å². The summed E-state index contributed by atoms with van der Waals surface area (Å²) in [6, 6.07) is 5.68. The van der Waals surface area contributed by atoms with Crippen LogP contribution < -0.4 is 5.43 Å². The van der Waals surface area contributed by atoms with Gasteiger partial charge in [0.1, 0.15) is 5.82 Å². The maximum Gasteiger partial charge on any atom is 0.189 e. The third kappa shape index (κ3) is 2.42. The topological polar surface area (TPSA) is 34.9 Å². The van der Waals surface area contributed by atoms with Crippen LogP contribution in [0.4, 0.5) is 8.78 Å². The van der Waals surface area contributed by atoms with Crippen LogP contribution in [0, 0.1) is 11.6 Å². The van der Waals surface area contributed by atoms with Crippen molar-refractivity contribution in [1.82, 2.24) is 9.55 Å². The van der Waals surface area contributed by atoms with Crippen LogP contribution in [0.2, 0.25) is 0 Å². The lowest BCUT2D eigenvalue weighted by molar-refractivity contribution is 0.588. The third-order valence-electron chi connectivity index (χ3n) is 4.02. The summed E-state index contributed by atoms with van der Waals surface area (Å²) in [7, 11) is 0. The van der Waals surface area contributed by atoms with E-state index in [2.05, 4.69) is 4.98 Å². The Labute approximate surface area is 132 Å². The van der Waals surface area contributed by atoms with Crippen LogP contribution in [0.15, 0.2) is 41.5 Å². The first-order chi connectivity index (χ1) is 11.1. The van der Waals surface area contributed by atoms with Gasteiger partial charge in [0.2, 0.25) is 0 Å². The number of hydrogen-bond donors (Lipinski definition) is 0. The Morgan fingerprint density at radius 2 is 1.83 bits per heavy atom. The van der Waals surface area contributed by atoms with Crippen LogP contribution in [0.5, 0.6) is 0 Å². The molecule has 118 valence electrons. The second-order valence-corrected chi connectivity index (χ2v) is 5.28. The van der Waals surface area contributed by atoms with Gasteiger partial charge in [-0.25, -0.2) is 8.78 Å². The fraction of sp³-hybridized carbons (Fsp3) is 0.222. The summed E-state index contributed by atoms with van der Waals surface area (Å²) in [6.45, 7) is 4.27. The molecule has 3 rings (SSSR count). The predicted molar refractivity (Wildman–Crippen MR) is 86.4 cm³/mol. The van der Waals surface area contributed by atoms with Crippen molar-refractivity contribution in [3.63, 3.8) is 0 Å². The Morgan fingerprint density at radius 1 is 1.13 bits per heavy atom. The molecule has 0 saturated carbocycles. The summed E-state index contributed by atoms with van der Waals surface area (Å²) in [5.41, 5.74) is 0.797. The minimum Gasteiger partial charge on any atom is -0.342 e. The molecule has 2 heterocycles. The van der Waals surface area contributed by atoms with Gasteiger partial charge in [-0.2, -0.15) is 0 Å². The first-order valence-electron chi connectivity index (χ1n) is 7.53. The van der Waals surface area contributed by atoms with Crippen molar-refractivity contribution in [3.05, 3.63) is 64.2 Å². The van der Waals surface area contributed by atoms with Gasteiger partial charge in [-0.05, 0) is 37.1 Å². The average molecular weight is 314 g/mol. The molecule has 3 aromatic rings. The van der Waals surface area contributed by atoms with Gasteiger partial charge in [-0.3, -0.25) is 9.78 Å². The van der Waals surface area contributed by atoms with E-state index in [4.69, 9.17) is 0 Å². The SMILES string of the molecule is CCc1cc(=O)c2cc(F)c(-c3ccncc3)c(F)c2n1CC. The standard InChI is InChI=1S/C18H16F2N2O/c1-3-12-9-15(23)13-10-14(19)16(11-5-7-21-8-6-11)17(20)18(13)22(12)4-2/h5-10H,3-4H2,1-2H3. The largest absolute Gasteiger partial charge is 0.342 e. The summed E-state index contributed by atoms with van der Waals surface area (Å²) in [5.74, 6) is -1.45. The minimum absolute atomic E-state index is 0.0665. The highest BCUT2D eigenvalue weighted by Gasteiger charge is 2.20. The first-order valence-corrected chi connectivity index (χ1v) is 7.53. The number of fused-ring (bicyclic) bond motifs is 1. The number of rotatable bonds is 3. The average Bonchev–Trinajstić information content (AvgIpc) is 2.56.